The van der Waals surface area contributed by atoms with Crippen LogP contribution in [-0.4, -0.2) is 30.9 Å². The summed E-state index contributed by atoms with van der Waals surface area (Å²) in [6.07, 6.45) is 1.04. The topological polar surface area (TPSA) is 55.8 Å². The molecule has 1 saturated carbocycles. The highest BCUT2D eigenvalue weighted by Gasteiger charge is 2.21. The maximum absolute atomic E-state index is 12.7. The van der Waals surface area contributed by atoms with Crippen molar-refractivity contribution < 1.29 is 23.8 Å². The van der Waals surface area contributed by atoms with E-state index in [2.05, 4.69) is 0 Å². The molecule has 0 bridgehead atoms. The van der Waals surface area contributed by atoms with Crippen LogP contribution in [0.3, 0.4) is 0 Å². The number of benzene rings is 1. The molecule has 1 atom stereocenters. The van der Waals surface area contributed by atoms with E-state index in [9.17, 15) is 14.3 Å². The van der Waals surface area contributed by atoms with E-state index in [4.69, 9.17) is 9.47 Å². The summed E-state index contributed by atoms with van der Waals surface area (Å²) in [5.74, 6) is -0.500. The molecule has 19 heavy (non-hydrogen) atoms. The summed E-state index contributed by atoms with van der Waals surface area (Å²) in [7, 11) is 0. The lowest BCUT2D eigenvalue weighted by molar-refractivity contribution is -0.155. The number of carbonyl (C=O) groups excluding carboxylic acids is 1. The summed E-state index contributed by atoms with van der Waals surface area (Å²) in [5, 5.41) is 9.70. The maximum Gasteiger partial charge on any atom is 0.339 e. The van der Waals surface area contributed by atoms with Gasteiger partial charge in [0, 0.05) is 6.61 Å². The Kier molecular flexibility index (Phi) is 4.87. The van der Waals surface area contributed by atoms with Gasteiger partial charge in [0.15, 0.2) is 6.10 Å². The molecule has 1 aromatic carbocycles. The Balaban J connectivity index is 1.67. The molecule has 0 radical (unpaired) electrons. The highest BCUT2D eigenvalue weighted by molar-refractivity contribution is 5.76. The van der Waals surface area contributed by atoms with Crippen LogP contribution in [0.1, 0.15) is 24.5 Å². The summed E-state index contributed by atoms with van der Waals surface area (Å²) in [6, 6.07) is 5.07. The average molecular weight is 268 g/mol. The summed E-state index contributed by atoms with van der Waals surface area (Å²) in [4.78, 5) is 11.5. The lowest BCUT2D eigenvalue weighted by Gasteiger charge is -2.11. The molecule has 5 heteroatoms. The molecule has 1 fully saturated rings. The molecule has 1 aromatic rings. The van der Waals surface area contributed by atoms with Gasteiger partial charge in [0.05, 0.1) is 6.61 Å². The fraction of sp³-hybridized carbons (Fsp3) is 0.500. The average Bonchev–Trinajstić information content (AvgIpc) is 3.22. The van der Waals surface area contributed by atoms with Crippen molar-refractivity contribution >= 4 is 5.97 Å². The third-order valence-corrected chi connectivity index (χ3v) is 2.93. The zero-order chi connectivity index (χ0) is 13.7. The van der Waals surface area contributed by atoms with Crippen LogP contribution in [0.4, 0.5) is 4.39 Å². The van der Waals surface area contributed by atoms with Crippen LogP contribution in [-0.2, 0) is 14.3 Å². The second kappa shape index (κ2) is 6.63. The fourth-order valence-electron chi connectivity index (χ4n) is 1.60. The first-order valence-corrected chi connectivity index (χ1v) is 6.34. The Morgan fingerprint density at radius 1 is 1.32 bits per heavy atom. The second-order valence-electron chi connectivity index (χ2n) is 4.64. The first-order chi connectivity index (χ1) is 9.16. The van der Waals surface area contributed by atoms with Crippen molar-refractivity contribution in [2.75, 3.05) is 19.8 Å². The van der Waals surface area contributed by atoms with Gasteiger partial charge in [-0.2, -0.15) is 0 Å². The molecule has 1 aliphatic carbocycles. The molecule has 0 saturated heterocycles. The van der Waals surface area contributed by atoms with Gasteiger partial charge in [0.2, 0.25) is 0 Å². The van der Waals surface area contributed by atoms with E-state index >= 15 is 0 Å². The van der Waals surface area contributed by atoms with E-state index in [1.807, 2.05) is 0 Å². The molecular formula is C14H17FO4. The van der Waals surface area contributed by atoms with Crippen molar-refractivity contribution in [2.45, 2.75) is 18.9 Å². The largest absolute Gasteiger partial charge is 0.461 e. The zero-order valence-electron chi connectivity index (χ0n) is 10.5. The van der Waals surface area contributed by atoms with E-state index in [0.717, 1.165) is 0 Å². The standard InChI is InChI=1S/C14H17FO4/c15-12-5-3-11(4-6-12)13(16)14(17)19-8-7-18-9-10-1-2-10/h3-6,10,13,16H,1-2,7-9H2. The normalized spacial score (nSPS) is 16.1. The number of ether oxygens (including phenoxy) is 2. The van der Waals surface area contributed by atoms with Gasteiger partial charge in [-0.1, -0.05) is 12.1 Å². The van der Waals surface area contributed by atoms with E-state index in [1.54, 1.807) is 0 Å². The number of rotatable bonds is 7. The summed E-state index contributed by atoms with van der Waals surface area (Å²) in [5.41, 5.74) is 0.310. The molecule has 0 amide bonds. The number of aliphatic hydroxyl groups is 1. The van der Waals surface area contributed by atoms with Crippen molar-refractivity contribution in [1.29, 1.82) is 0 Å². The van der Waals surface area contributed by atoms with Crippen LogP contribution in [0.15, 0.2) is 24.3 Å². The lowest BCUT2D eigenvalue weighted by Crippen LogP contribution is -2.18. The minimum atomic E-state index is -1.39. The molecule has 0 spiro atoms. The molecule has 1 unspecified atom stereocenters. The van der Waals surface area contributed by atoms with Gasteiger partial charge in [-0.15, -0.1) is 0 Å². The highest BCUT2D eigenvalue weighted by atomic mass is 19.1. The Morgan fingerprint density at radius 3 is 2.63 bits per heavy atom. The zero-order valence-corrected chi connectivity index (χ0v) is 10.5. The number of hydrogen-bond donors (Lipinski definition) is 1. The van der Waals surface area contributed by atoms with E-state index < -0.39 is 17.9 Å². The van der Waals surface area contributed by atoms with Crippen molar-refractivity contribution in [2.24, 2.45) is 5.92 Å². The number of aliphatic hydroxyl groups excluding tert-OH is 1. The van der Waals surface area contributed by atoms with Gasteiger partial charge in [-0.25, -0.2) is 9.18 Å². The van der Waals surface area contributed by atoms with Gasteiger partial charge in [-0.05, 0) is 36.5 Å². The van der Waals surface area contributed by atoms with Crippen LogP contribution < -0.4 is 0 Å². The van der Waals surface area contributed by atoms with Gasteiger partial charge < -0.3 is 14.6 Å². The van der Waals surface area contributed by atoms with E-state index in [0.29, 0.717) is 24.7 Å². The first kappa shape index (κ1) is 14.0. The third kappa shape index (κ3) is 4.61. The Bertz CT molecular complexity index is 414. The Labute approximate surface area is 111 Å². The van der Waals surface area contributed by atoms with Crippen LogP contribution in [0.5, 0.6) is 0 Å². The minimum absolute atomic E-state index is 0.115. The van der Waals surface area contributed by atoms with E-state index in [1.165, 1.54) is 37.1 Å². The van der Waals surface area contributed by atoms with Crippen LogP contribution in [0, 0.1) is 11.7 Å². The van der Waals surface area contributed by atoms with Crippen molar-refractivity contribution in [3.8, 4) is 0 Å². The number of esters is 1. The molecule has 4 nitrogen and oxygen atoms in total. The van der Waals surface area contributed by atoms with Gasteiger partial charge in [-0.3, -0.25) is 0 Å². The molecule has 104 valence electrons. The van der Waals surface area contributed by atoms with Crippen LogP contribution in [0.2, 0.25) is 0 Å². The quantitative estimate of drug-likeness (QED) is 0.605. The molecule has 1 N–H and O–H groups in total. The Hall–Kier alpha value is -1.46. The second-order valence-corrected chi connectivity index (χ2v) is 4.64. The Morgan fingerprint density at radius 2 is 2.00 bits per heavy atom. The molecule has 2 rings (SSSR count). The van der Waals surface area contributed by atoms with Crippen LogP contribution >= 0.6 is 0 Å². The van der Waals surface area contributed by atoms with Gasteiger partial charge in [0.1, 0.15) is 12.4 Å². The molecular weight excluding hydrogens is 251 g/mol. The fourth-order valence-corrected chi connectivity index (χ4v) is 1.60. The van der Waals surface area contributed by atoms with E-state index in [-0.39, 0.29) is 6.61 Å². The number of carbonyl (C=O) groups is 1. The lowest BCUT2D eigenvalue weighted by atomic mass is 10.1. The molecule has 0 aliphatic heterocycles. The van der Waals surface area contributed by atoms with Gasteiger partial charge in [0.25, 0.3) is 0 Å². The number of hydrogen-bond acceptors (Lipinski definition) is 4. The predicted molar refractivity (Wildman–Crippen MR) is 65.9 cm³/mol. The molecule has 0 heterocycles. The predicted octanol–water partition coefficient (Wildman–Crippen LogP) is 1.83. The van der Waals surface area contributed by atoms with Crippen molar-refractivity contribution in [1.82, 2.24) is 0 Å². The summed E-state index contributed by atoms with van der Waals surface area (Å²) < 4.78 is 22.9. The highest BCUT2D eigenvalue weighted by Crippen LogP contribution is 2.28. The summed E-state index contributed by atoms with van der Waals surface area (Å²) >= 11 is 0. The minimum Gasteiger partial charge on any atom is -0.461 e. The van der Waals surface area contributed by atoms with Crippen molar-refractivity contribution in [3.05, 3.63) is 35.6 Å². The number of halogens is 1. The van der Waals surface area contributed by atoms with Gasteiger partial charge >= 0.3 is 5.97 Å². The maximum atomic E-state index is 12.7. The third-order valence-electron chi connectivity index (χ3n) is 2.93. The van der Waals surface area contributed by atoms with Crippen LogP contribution in [0.25, 0.3) is 0 Å². The molecule has 1 aliphatic rings. The molecule has 0 aromatic heterocycles. The summed E-state index contributed by atoms with van der Waals surface area (Å²) in [6.45, 7) is 1.15. The monoisotopic (exact) mass is 268 g/mol. The smallest absolute Gasteiger partial charge is 0.339 e. The SMILES string of the molecule is O=C(OCCOCC1CC1)C(O)c1ccc(F)cc1. The van der Waals surface area contributed by atoms with Crippen molar-refractivity contribution in [3.63, 3.8) is 0 Å². The first-order valence-electron chi connectivity index (χ1n) is 6.34.